The van der Waals surface area contributed by atoms with Gasteiger partial charge >= 0.3 is 0 Å². The molecule has 1 aliphatic heterocycles. The number of rotatable bonds is 2. The Kier molecular flexibility index (Phi) is 3.34. The van der Waals surface area contributed by atoms with Crippen LogP contribution in [0.15, 0.2) is 0 Å². The van der Waals surface area contributed by atoms with Crippen molar-refractivity contribution in [1.29, 1.82) is 0 Å². The Morgan fingerprint density at radius 3 is 2.82 bits per heavy atom. The lowest BCUT2D eigenvalue weighted by Crippen LogP contribution is -2.45. The van der Waals surface area contributed by atoms with Crippen LogP contribution in [-0.4, -0.2) is 30.6 Å². The van der Waals surface area contributed by atoms with Crippen molar-refractivity contribution >= 4 is 0 Å². The summed E-state index contributed by atoms with van der Waals surface area (Å²) in [7, 11) is 0. The van der Waals surface area contributed by atoms with Gasteiger partial charge in [0.25, 0.3) is 0 Å². The lowest BCUT2D eigenvalue weighted by Gasteiger charge is -2.34. The van der Waals surface area contributed by atoms with Crippen LogP contribution >= 0.6 is 0 Å². The van der Waals surface area contributed by atoms with Gasteiger partial charge in [-0.1, -0.05) is 13.8 Å². The van der Waals surface area contributed by atoms with Crippen molar-refractivity contribution < 1.29 is 0 Å². The zero-order chi connectivity index (χ0) is 8.27. The summed E-state index contributed by atoms with van der Waals surface area (Å²) < 4.78 is 0. The lowest BCUT2D eigenvalue weighted by atomic mass is 9.95. The molecule has 1 saturated heterocycles. The van der Waals surface area contributed by atoms with Crippen molar-refractivity contribution in [2.75, 3.05) is 19.6 Å². The third-order valence-electron chi connectivity index (χ3n) is 2.60. The van der Waals surface area contributed by atoms with Crippen LogP contribution in [0.2, 0.25) is 0 Å². The first-order valence-electron chi connectivity index (χ1n) is 4.72. The highest BCUT2D eigenvalue weighted by atomic mass is 15.1. The number of nitrogens with two attached hydrogens (primary N) is 1. The Morgan fingerprint density at radius 2 is 2.27 bits per heavy atom. The Hall–Kier alpha value is -0.0800. The summed E-state index contributed by atoms with van der Waals surface area (Å²) in [6, 6.07) is 0.447. The molecule has 2 atom stereocenters. The standard InChI is InChI=1S/C9H20N2/c1-3-5-11-6-4-9(10)8(2)7-11/h8-9H,3-7,10H2,1-2H3. The smallest absolute Gasteiger partial charge is 0.00889 e. The third-order valence-corrected chi connectivity index (χ3v) is 2.60. The van der Waals surface area contributed by atoms with Crippen LogP contribution in [-0.2, 0) is 0 Å². The van der Waals surface area contributed by atoms with Gasteiger partial charge in [-0.15, -0.1) is 0 Å². The molecule has 11 heavy (non-hydrogen) atoms. The fourth-order valence-corrected chi connectivity index (χ4v) is 1.77. The molecule has 0 aliphatic carbocycles. The first-order chi connectivity index (χ1) is 5.24. The molecule has 0 spiro atoms. The van der Waals surface area contributed by atoms with Gasteiger partial charge in [0.05, 0.1) is 0 Å². The maximum absolute atomic E-state index is 5.91. The lowest BCUT2D eigenvalue weighted by molar-refractivity contribution is 0.165. The maximum Gasteiger partial charge on any atom is 0.00889 e. The highest BCUT2D eigenvalue weighted by molar-refractivity contribution is 4.79. The normalized spacial score (nSPS) is 34.1. The molecule has 0 bridgehead atoms. The van der Waals surface area contributed by atoms with Crippen LogP contribution in [0.5, 0.6) is 0 Å². The highest BCUT2D eigenvalue weighted by Gasteiger charge is 2.21. The van der Waals surface area contributed by atoms with E-state index in [-0.39, 0.29) is 0 Å². The van der Waals surface area contributed by atoms with Gasteiger partial charge in [0.2, 0.25) is 0 Å². The second-order valence-corrected chi connectivity index (χ2v) is 3.73. The van der Waals surface area contributed by atoms with Crippen LogP contribution in [0.3, 0.4) is 0 Å². The molecule has 2 N–H and O–H groups in total. The second kappa shape index (κ2) is 4.07. The first kappa shape index (κ1) is 9.01. The molecule has 0 aromatic carbocycles. The summed E-state index contributed by atoms with van der Waals surface area (Å²) in [5.74, 6) is 0.690. The molecule has 66 valence electrons. The number of nitrogens with zero attached hydrogens (tertiary/aromatic N) is 1. The Morgan fingerprint density at radius 1 is 1.55 bits per heavy atom. The minimum absolute atomic E-state index is 0.447. The van der Waals surface area contributed by atoms with Crippen LogP contribution in [0, 0.1) is 5.92 Å². The molecule has 0 amide bonds. The average molecular weight is 156 g/mol. The summed E-state index contributed by atoms with van der Waals surface area (Å²) >= 11 is 0. The summed E-state index contributed by atoms with van der Waals surface area (Å²) in [6.45, 7) is 8.15. The first-order valence-corrected chi connectivity index (χ1v) is 4.72. The average Bonchev–Trinajstić information content (AvgIpc) is 1.98. The summed E-state index contributed by atoms with van der Waals surface area (Å²) in [5, 5.41) is 0. The van der Waals surface area contributed by atoms with Gasteiger partial charge in [-0.2, -0.15) is 0 Å². The minimum atomic E-state index is 0.447. The van der Waals surface area contributed by atoms with Gasteiger partial charge in [0, 0.05) is 12.6 Å². The molecule has 0 aromatic rings. The van der Waals surface area contributed by atoms with Crippen molar-refractivity contribution in [3.05, 3.63) is 0 Å². The molecule has 0 radical (unpaired) electrons. The van der Waals surface area contributed by atoms with E-state index in [2.05, 4.69) is 18.7 Å². The van der Waals surface area contributed by atoms with Crippen LogP contribution in [0.1, 0.15) is 26.7 Å². The quantitative estimate of drug-likeness (QED) is 0.648. The van der Waals surface area contributed by atoms with Crippen LogP contribution in [0.4, 0.5) is 0 Å². The summed E-state index contributed by atoms with van der Waals surface area (Å²) in [5.41, 5.74) is 5.91. The van der Waals surface area contributed by atoms with E-state index in [1.165, 1.54) is 32.5 Å². The SMILES string of the molecule is CCCN1CCC(N)C(C)C1. The zero-order valence-corrected chi connectivity index (χ0v) is 7.71. The predicted molar refractivity (Wildman–Crippen MR) is 48.5 cm³/mol. The van der Waals surface area contributed by atoms with E-state index in [1.54, 1.807) is 0 Å². The molecular weight excluding hydrogens is 136 g/mol. The van der Waals surface area contributed by atoms with Crippen molar-refractivity contribution in [3.63, 3.8) is 0 Å². The van der Waals surface area contributed by atoms with Crippen molar-refractivity contribution in [1.82, 2.24) is 4.90 Å². The van der Waals surface area contributed by atoms with Gasteiger partial charge in [0.15, 0.2) is 0 Å². The molecule has 2 nitrogen and oxygen atoms in total. The molecule has 1 rings (SSSR count). The Labute approximate surface area is 69.8 Å². The topological polar surface area (TPSA) is 29.3 Å². The number of piperidine rings is 1. The molecule has 2 heteroatoms. The van der Waals surface area contributed by atoms with E-state index in [0.717, 1.165) is 0 Å². The van der Waals surface area contributed by atoms with E-state index in [4.69, 9.17) is 5.73 Å². The molecule has 0 saturated carbocycles. The van der Waals surface area contributed by atoms with Crippen molar-refractivity contribution in [3.8, 4) is 0 Å². The largest absolute Gasteiger partial charge is 0.327 e. The number of hydrogen-bond donors (Lipinski definition) is 1. The summed E-state index contributed by atoms with van der Waals surface area (Å²) in [6.07, 6.45) is 2.45. The monoisotopic (exact) mass is 156 g/mol. The van der Waals surface area contributed by atoms with Crippen molar-refractivity contribution in [2.24, 2.45) is 11.7 Å². The van der Waals surface area contributed by atoms with Crippen molar-refractivity contribution in [2.45, 2.75) is 32.7 Å². The molecule has 2 unspecified atom stereocenters. The Bertz CT molecular complexity index is 114. The van der Waals surface area contributed by atoms with E-state index in [1.807, 2.05) is 0 Å². The third kappa shape index (κ3) is 2.46. The molecule has 1 heterocycles. The fourth-order valence-electron chi connectivity index (χ4n) is 1.77. The van der Waals surface area contributed by atoms with E-state index in [0.29, 0.717) is 12.0 Å². The van der Waals surface area contributed by atoms with Gasteiger partial charge in [0.1, 0.15) is 0 Å². The molecule has 1 fully saturated rings. The zero-order valence-electron chi connectivity index (χ0n) is 7.71. The van der Waals surface area contributed by atoms with E-state index >= 15 is 0 Å². The fraction of sp³-hybridized carbons (Fsp3) is 1.00. The van der Waals surface area contributed by atoms with Gasteiger partial charge in [-0.25, -0.2) is 0 Å². The van der Waals surface area contributed by atoms with Gasteiger partial charge in [-0.05, 0) is 31.8 Å². The maximum atomic E-state index is 5.91. The van der Waals surface area contributed by atoms with Gasteiger partial charge < -0.3 is 10.6 Å². The highest BCUT2D eigenvalue weighted by Crippen LogP contribution is 2.14. The minimum Gasteiger partial charge on any atom is -0.327 e. The van der Waals surface area contributed by atoms with Crippen LogP contribution < -0.4 is 5.73 Å². The predicted octanol–water partition coefficient (Wildman–Crippen LogP) is 1.07. The summed E-state index contributed by atoms with van der Waals surface area (Å²) in [4.78, 5) is 2.52. The van der Waals surface area contributed by atoms with Crippen LogP contribution in [0.25, 0.3) is 0 Å². The molecular formula is C9H20N2. The van der Waals surface area contributed by atoms with Gasteiger partial charge in [-0.3, -0.25) is 0 Å². The van der Waals surface area contributed by atoms with E-state index < -0.39 is 0 Å². The van der Waals surface area contributed by atoms with E-state index in [9.17, 15) is 0 Å². The second-order valence-electron chi connectivity index (χ2n) is 3.73. The number of hydrogen-bond acceptors (Lipinski definition) is 2. The number of likely N-dealkylation sites (tertiary alicyclic amines) is 1. The molecule has 1 aliphatic rings. The Balaban J connectivity index is 2.28. The molecule has 0 aromatic heterocycles.